The van der Waals surface area contributed by atoms with Gasteiger partial charge < -0.3 is 20.1 Å². The van der Waals surface area contributed by atoms with Crippen molar-refractivity contribution in [2.24, 2.45) is 10.9 Å². The lowest BCUT2D eigenvalue weighted by Gasteiger charge is -2.29. The van der Waals surface area contributed by atoms with Crippen LogP contribution in [0.5, 0.6) is 11.5 Å². The summed E-state index contributed by atoms with van der Waals surface area (Å²) in [5.41, 5.74) is 1.12. The van der Waals surface area contributed by atoms with Gasteiger partial charge in [0, 0.05) is 26.2 Å². The SMILES string of the molecule is CN=C(NCc1ccc(OC)c(OC)c1)NCC(CC(C)C)N1CCCC1.I. The number of nitrogens with one attached hydrogen (secondary N) is 2. The number of likely N-dealkylation sites (tertiary alicyclic amines) is 1. The molecule has 160 valence electrons. The quantitative estimate of drug-likeness (QED) is 0.307. The number of guanidine groups is 1. The molecule has 2 rings (SSSR count). The number of benzene rings is 1. The minimum absolute atomic E-state index is 0. The number of methoxy groups -OCH3 is 2. The first kappa shape index (κ1) is 24.8. The van der Waals surface area contributed by atoms with Crippen molar-refractivity contribution in [1.29, 1.82) is 0 Å². The Hall–Kier alpha value is -1.22. The molecule has 1 aromatic rings. The van der Waals surface area contributed by atoms with E-state index in [0.717, 1.165) is 29.6 Å². The van der Waals surface area contributed by atoms with E-state index in [1.807, 2.05) is 25.2 Å². The first-order chi connectivity index (χ1) is 13.1. The number of nitrogens with zero attached hydrogens (tertiary/aromatic N) is 2. The summed E-state index contributed by atoms with van der Waals surface area (Å²) in [6.45, 7) is 8.64. The third-order valence-corrected chi connectivity index (χ3v) is 5.04. The fourth-order valence-electron chi connectivity index (χ4n) is 3.62. The van der Waals surface area contributed by atoms with Crippen LogP contribution in [0.2, 0.25) is 0 Å². The van der Waals surface area contributed by atoms with Crippen LogP contribution in [0.1, 0.15) is 38.7 Å². The highest BCUT2D eigenvalue weighted by Crippen LogP contribution is 2.27. The van der Waals surface area contributed by atoms with Gasteiger partial charge in [-0.15, -0.1) is 24.0 Å². The molecule has 1 aromatic carbocycles. The summed E-state index contributed by atoms with van der Waals surface area (Å²) >= 11 is 0. The molecule has 1 aliphatic rings. The van der Waals surface area contributed by atoms with Crippen molar-refractivity contribution in [2.75, 3.05) is 40.9 Å². The molecule has 1 aliphatic heterocycles. The fraction of sp³-hybridized carbons (Fsp3) is 0.667. The lowest BCUT2D eigenvalue weighted by Crippen LogP contribution is -2.46. The molecule has 0 bridgehead atoms. The van der Waals surface area contributed by atoms with Crippen molar-refractivity contribution in [3.05, 3.63) is 23.8 Å². The third-order valence-electron chi connectivity index (χ3n) is 5.04. The Bertz CT molecular complexity index is 604. The maximum absolute atomic E-state index is 5.38. The van der Waals surface area contributed by atoms with Gasteiger partial charge in [0.2, 0.25) is 0 Å². The van der Waals surface area contributed by atoms with Gasteiger partial charge in [-0.05, 0) is 56.0 Å². The van der Waals surface area contributed by atoms with E-state index in [9.17, 15) is 0 Å². The van der Waals surface area contributed by atoms with Crippen LogP contribution in [0.25, 0.3) is 0 Å². The topological polar surface area (TPSA) is 58.1 Å². The number of hydrogen-bond donors (Lipinski definition) is 2. The molecule has 28 heavy (non-hydrogen) atoms. The average Bonchev–Trinajstić information content (AvgIpc) is 3.21. The van der Waals surface area contributed by atoms with Crippen molar-refractivity contribution >= 4 is 29.9 Å². The van der Waals surface area contributed by atoms with Crippen molar-refractivity contribution in [2.45, 2.75) is 45.7 Å². The molecule has 0 saturated carbocycles. The largest absolute Gasteiger partial charge is 0.493 e. The first-order valence-corrected chi connectivity index (χ1v) is 9.96. The van der Waals surface area contributed by atoms with E-state index < -0.39 is 0 Å². The smallest absolute Gasteiger partial charge is 0.191 e. The number of halogens is 1. The van der Waals surface area contributed by atoms with Crippen LogP contribution in [0.4, 0.5) is 0 Å². The molecule has 0 aromatic heterocycles. The summed E-state index contributed by atoms with van der Waals surface area (Å²) < 4.78 is 10.7. The minimum atomic E-state index is 0. The van der Waals surface area contributed by atoms with Gasteiger partial charge in [0.05, 0.1) is 14.2 Å². The molecule has 1 heterocycles. The molecular formula is C21H37IN4O2. The van der Waals surface area contributed by atoms with E-state index in [1.165, 1.54) is 32.4 Å². The van der Waals surface area contributed by atoms with Gasteiger partial charge in [0.25, 0.3) is 0 Å². The van der Waals surface area contributed by atoms with Crippen LogP contribution in [-0.2, 0) is 6.54 Å². The Morgan fingerprint density at radius 2 is 1.79 bits per heavy atom. The van der Waals surface area contributed by atoms with Crippen LogP contribution in [0, 0.1) is 5.92 Å². The van der Waals surface area contributed by atoms with Crippen molar-refractivity contribution in [3.8, 4) is 11.5 Å². The Morgan fingerprint density at radius 3 is 2.36 bits per heavy atom. The number of aliphatic imine (C=N–C) groups is 1. The maximum Gasteiger partial charge on any atom is 0.191 e. The zero-order valence-corrected chi connectivity index (χ0v) is 20.3. The van der Waals surface area contributed by atoms with Crippen LogP contribution >= 0.6 is 24.0 Å². The molecule has 0 radical (unpaired) electrons. The van der Waals surface area contributed by atoms with Gasteiger partial charge in [-0.1, -0.05) is 19.9 Å². The van der Waals surface area contributed by atoms with E-state index in [-0.39, 0.29) is 24.0 Å². The zero-order chi connectivity index (χ0) is 19.6. The van der Waals surface area contributed by atoms with Crippen LogP contribution in [0.3, 0.4) is 0 Å². The van der Waals surface area contributed by atoms with E-state index in [2.05, 4.69) is 34.4 Å². The van der Waals surface area contributed by atoms with Crippen LogP contribution in [0.15, 0.2) is 23.2 Å². The second-order valence-corrected chi connectivity index (χ2v) is 7.52. The van der Waals surface area contributed by atoms with Crippen molar-refractivity contribution < 1.29 is 9.47 Å². The predicted molar refractivity (Wildman–Crippen MR) is 127 cm³/mol. The summed E-state index contributed by atoms with van der Waals surface area (Å²) in [5, 5.41) is 6.91. The highest BCUT2D eigenvalue weighted by Gasteiger charge is 2.22. The van der Waals surface area contributed by atoms with E-state index in [0.29, 0.717) is 18.5 Å². The molecule has 1 fully saturated rings. The molecule has 1 unspecified atom stereocenters. The summed E-state index contributed by atoms with van der Waals surface area (Å²) in [7, 11) is 5.12. The molecule has 1 atom stereocenters. The van der Waals surface area contributed by atoms with Crippen molar-refractivity contribution in [1.82, 2.24) is 15.5 Å². The fourth-order valence-corrected chi connectivity index (χ4v) is 3.62. The lowest BCUT2D eigenvalue weighted by molar-refractivity contribution is 0.213. The molecule has 0 spiro atoms. The second kappa shape index (κ2) is 13.1. The summed E-state index contributed by atoms with van der Waals surface area (Å²) in [6, 6.07) is 6.52. The molecule has 7 heteroatoms. The van der Waals surface area contributed by atoms with Gasteiger partial charge >= 0.3 is 0 Å². The first-order valence-electron chi connectivity index (χ1n) is 9.96. The number of rotatable bonds is 9. The summed E-state index contributed by atoms with van der Waals surface area (Å²) in [5.74, 6) is 3.01. The normalized spacial score (nSPS) is 15.9. The van der Waals surface area contributed by atoms with E-state index in [4.69, 9.17) is 9.47 Å². The van der Waals surface area contributed by atoms with E-state index >= 15 is 0 Å². The second-order valence-electron chi connectivity index (χ2n) is 7.52. The zero-order valence-electron chi connectivity index (χ0n) is 18.0. The Kier molecular flexibility index (Phi) is 11.6. The standard InChI is InChI=1S/C21H36N4O2.HI/c1-16(2)12-18(25-10-6-7-11-25)15-24-21(22-3)23-14-17-8-9-19(26-4)20(13-17)27-5;/h8-9,13,16,18H,6-7,10-12,14-15H2,1-5H3,(H2,22,23,24);1H. The third kappa shape index (κ3) is 7.66. The molecule has 1 saturated heterocycles. The molecule has 6 nitrogen and oxygen atoms in total. The van der Waals surface area contributed by atoms with Gasteiger partial charge in [-0.3, -0.25) is 9.89 Å². The van der Waals surface area contributed by atoms with Crippen LogP contribution < -0.4 is 20.1 Å². The van der Waals surface area contributed by atoms with Gasteiger partial charge in [0.15, 0.2) is 17.5 Å². The van der Waals surface area contributed by atoms with Gasteiger partial charge in [-0.2, -0.15) is 0 Å². The molecular weight excluding hydrogens is 467 g/mol. The summed E-state index contributed by atoms with van der Waals surface area (Å²) in [6.07, 6.45) is 3.85. The predicted octanol–water partition coefficient (Wildman–Crippen LogP) is 3.50. The van der Waals surface area contributed by atoms with Crippen LogP contribution in [-0.4, -0.2) is 57.8 Å². The maximum atomic E-state index is 5.38. The number of ether oxygens (including phenoxy) is 2. The highest BCUT2D eigenvalue weighted by atomic mass is 127. The lowest BCUT2D eigenvalue weighted by atomic mass is 10.0. The highest BCUT2D eigenvalue weighted by molar-refractivity contribution is 14.0. The molecule has 2 N–H and O–H groups in total. The Labute approximate surface area is 187 Å². The Morgan fingerprint density at radius 1 is 1.11 bits per heavy atom. The average molecular weight is 504 g/mol. The van der Waals surface area contributed by atoms with Gasteiger partial charge in [0.1, 0.15) is 0 Å². The Balaban J connectivity index is 0.00000392. The van der Waals surface area contributed by atoms with E-state index in [1.54, 1.807) is 14.2 Å². The molecule has 0 aliphatic carbocycles. The summed E-state index contributed by atoms with van der Waals surface area (Å²) in [4.78, 5) is 7.00. The van der Waals surface area contributed by atoms with Gasteiger partial charge in [-0.25, -0.2) is 0 Å². The van der Waals surface area contributed by atoms with Crippen molar-refractivity contribution in [3.63, 3.8) is 0 Å². The number of hydrogen-bond acceptors (Lipinski definition) is 4. The minimum Gasteiger partial charge on any atom is -0.493 e. The molecule has 0 amide bonds. The monoisotopic (exact) mass is 504 g/mol.